The summed E-state index contributed by atoms with van der Waals surface area (Å²) in [5, 5.41) is 6.91. The zero-order valence-electron chi connectivity index (χ0n) is 14.5. The van der Waals surface area contributed by atoms with Crippen LogP contribution < -0.4 is 5.32 Å². The summed E-state index contributed by atoms with van der Waals surface area (Å²) >= 11 is 0. The average Bonchev–Trinajstić information content (AvgIpc) is 3.10. The average molecular weight is 344 g/mol. The minimum atomic E-state index is -0.00525. The summed E-state index contributed by atoms with van der Waals surface area (Å²) in [7, 11) is 1.60. The van der Waals surface area contributed by atoms with Crippen molar-refractivity contribution in [3.63, 3.8) is 0 Å². The third-order valence-corrected chi connectivity index (χ3v) is 4.34. The number of likely N-dealkylation sites (tertiary alicyclic amines) is 1. The van der Waals surface area contributed by atoms with Crippen molar-refractivity contribution in [2.45, 2.75) is 38.5 Å². The molecule has 1 fully saturated rings. The van der Waals surface area contributed by atoms with Crippen LogP contribution >= 0.6 is 0 Å². The Morgan fingerprint density at radius 3 is 3.00 bits per heavy atom. The third-order valence-electron chi connectivity index (χ3n) is 4.34. The number of ether oxygens (including phenoxy) is 1. The zero-order chi connectivity index (χ0) is 17.5. The highest BCUT2D eigenvalue weighted by atomic mass is 16.5. The first-order valence-electron chi connectivity index (χ1n) is 8.62. The van der Waals surface area contributed by atoms with E-state index in [1.807, 2.05) is 30.3 Å². The Balaban J connectivity index is 1.57. The van der Waals surface area contributed by atoms with Crippen LogP contribution in [-0.4, -0.2) is 41.1 Å². The number of methoxy groups -OCH3 is 1. The number of amides is 1. The standard InChI is InChI=1S/C18H24N4O3/c1-24-13-16-20-18(25-21-16)15-9-5-6-10-22(15)12-17(23)19-11-14-7-3-2-4-8-14/h2-4,7-8,15H,5-6,9-13H2,1H3,(H,19,23)/t15-/m0/s1. The highest BCUT2D eigenvalue weighted by Gasteiger charge is 2.30. The molecular weight excluding hydrogens is 320 g/mol. The van der Waals surface area contributed by atoms with Gasteiger partial charge in [0.25, 0.3) is 0 Å². The van der Waals surface area contributed by atoms with Gasteiger partial charge in [-0.2, -0.15) is 4.98 Å². The lowest BCUT2D eigenvalue weighted by molar-refractivity contribution is -0.123. The van der Waals surface area contributed by atoms with Gasteiger partial charge in [-0.1, -0.05) is 41.9 Å². The lowest BCUT2D eigenvalue weighted by Gasteiger charge is -2.32. The van der Waals surface area contributed by atoms with Crippen LogP contribution in [0.4, 0.5) is 0 Å². The molecule has 2 heterocycles. The summed E-state index contributed by atoms with van der Waals surface area (Å²) < 4.78 is 10.4. The first-order chi connectivity index (χ1) is 12.3. The molecule has 7 nitrogen and oxygen atoms in total. The molecule has 1 aromatic heterocycles. The van der Waals surface area contributed by atoms with Crippen molar-refractivity contribution in [3.8, 4) is 0 Å². The molecule has 1 saturated heterocycles. The molecule has 7 heteroatoms. The summed E-state index contributed by atoms with van der Waals surface area (Å²) in [6, 6.07) is 9.89. The number of nitrogens with zero attached hydrogens (tertiary/aromatic N) is 3. The van der Waals surface area contributed by atoms with Gasteiger partial charge < -0.3 is 14.6 Å². The van der Waals surface area contributed by atoms with Crippen LogP contribution in [0.2, 0.25) is 0 Å². The molecule has 0 saturated carbocycles. The monoisotopic (exact) mass is 344 g/mol. The largest absolute Gasteiger partial charge is 0.377 e. The van der Waals surface area contributed by atoms with Crippen LogP contribution in [0.1, 0.15) is 42.6 Å². The fraction of sp³-hybridized carbons (Fsp3) is 0.500. The Morgan fingerprint density at radius 1 is 1.36 bits per heavy atom. The van der Waals surface area contributed by atoms with Crippen molar-refractivity contribution in [1.82, 2.24) is 20.4 Å². The molecular formula is C18H24N4O3. The van der Waals surface area contributed by atoms with E-state index in [9.17, 15) is 4.79 Å². The molecule has 1 aromatic carbocycles. The van der Waals surface area contributed by atoms with Gasteiger partial charge in [-0.05, 0) is 24.9 Å². The number of carbonyl (C=O) groups is 1. The summed E-state index contributed by atoms with van der Waals surface area (Å²) in [6.45, 7) is 2.05. The van der Waals surface area contributed by atoms with Crippen LogP contribution in [0.25, 0.3) is 0 Å². The lowest BCUT2D eigenvalue weighted by atomic mass is 10.0. The predicted molar refractivity (Wildman–Crippen MR) is 91.5 cm³/mol. The zero-order valence-corrected chi connectivity index (χ0v) is 14.5. The van der Waals surface area contributed by atoms with E-state index in [-0.39, 0.29) is 11.9 Å². The number of nitrogens with one attached hydrogen (secondary N) is 1. The number of carbonyl (C=O) groups excluding carboxylic acids is 1. The minimum absolute atomic E-state index is 0.00525. The maximum Gasteiger partial charge on any atom is 0.244 e. The molecule has 25 heavy (non-hydrogen) atoms. The normalized spacial score (nSPS) is 18.2. The van der Waals surface area contributed by atoms with Gasteiger partial charge >= 0.3 is 0 Å². The maximum absolute atomic E-state index is 12.3. The van der Waals surface area contributed by atoms with Crippen LogP contribution in [0.5, 0.6) is 0 Å². The second-order valence-corrected chi connectivity index (χ2v) is 6.23. The molecule has 0 spiro atoms. The van der Waals surface area contributed by atoms with Gasteiger partial charge in [-0.15, -0.1) is 0 Å². The van der Waals surface area contributed by atoms with Crippen LogP contribution in [0, 0.1) is 0 Å². The number of hydrogen-bond acceptors (Lipinski definition) is 6. The first-order valence-corrected chi connectivity index (χ1v) is 8.62. The Bertz CT molecular complexity index is 674. The minimum Gasteiger partial charge on any atom is -0.377 e. The Morgan fingerprint density at radius 2 is 2.20 bits per heavy atom. The molecule has 1 atom stereocenters. The number of hydrogen-bond donors (Lipinski definition) is 1. The molecule has 1 amide bonds. The second-order valence-electron chi connectivity index (χ2n) is 6.23. The van der Waals surface area contributed by atoms with Crippen molar-refractivity contribution in [3.05, 3.63) is 47.6 Å². The Kier molecular flexibility index (Phi) is 6.14. The third kappa shape index (κ3) is 4.87. The van der Waals surface area contributed by atoms with Crippen molar-refractivity contribution >= 4 is 5.91 Å². The highest BCUT2D eigenvalue weighted by Crippen LogP contribution is 2.29. The van der Waals surface area contributed by atoms with Gasteiger partial charge in [0, 0.05) is 13.7 Å². The van der Waals surface area contributed by atoms with Crippen LogP contribution in [-0.2, 0) is 22.7 Å². The molecule has 1 N–H and O–H groups in total. The van der Waals surface area contributed by atoms with E-state index in [2.05, 4.69) is 20.4 Å². The number of benzene rings is 1. The van der Waals surface area contributed by atoms with Crippen molar-refractivity contribution in [2.75, 3.05) is 20.2 Å². The lowest BCUT2D eigenvalue weighted by Crippen LogP contribution is -2.41. The molecule has 1 aliphatic rings. The van der Waals surface area contributed by atoms with Gasteiger partial charge in [0.1, 0.15) is 6.61 Å². The molecule has 0 bridgehead atoms. The number of aromatic nitrogens is 2. The maximum atomic E-state index is 12.3. The Hall–Kier alpha value is -2.25. The quantitative estimate of drug-likeness (QED) is 0.828. The number of piperidine rings is 1. The van der Waals surface area contributed by atoms with E-state index in [0.717, 1.165) is 31.4 Å². The summed E-state index contributed by atoms with van der Waals surface area (Å²) in [4.78, 5) is 18.8. The van der Waals surface area contributed by atoms with Crippen LogP contribution in [0.15, 0.2) is 34.9 Å². The van der Waals surface area contributed by atoms with E-state index in [4.69, 9.17) is 9.26 Å². The fourth-order valence-electron chi connectivity index (χ4n) is 3.09. The van der Waals surface area contributed by atoms with E-state index >= 15 is 0 Å². The van der Waals surface area contributed by atoms with E-state index in [1.54, 1.807) is 7.11 Å². The number of rotatable bonds is 7. The highest BCUT2D eigenvalue weighted by molar-refractivity contribution is 5.78. The SMILES string of the molecule is COCc1noc([C@@H]2CCCCN2CC(=O)NCc2ccccc2)n1. The summed E-state index contributed by atoms with van der Waals surface area (Å²) in [6.07, 6.45) is 3.08. The topological polar surface area (TPSA) is 80.5 Å². The van der Waals surface area contributed by atoms with Gasteiger partial charge in [-0.25, -0.2) is 0 Å². The van der Waals surface area contributed by atoms with Crippen molar-refractivity contribution in [1.29, 1.82) is 0 Å². The molecule has 0 radical (unpaired) electrons. The van der Waals surface area contributed by atoms with Gasteiger partial charge in [-0.3, -0.25) is 9.69 Å². The predicted octanol–water partition coefficient (Wildman–Crippen LogP) is 2.06. The molecule has 3 rings (SSSR count). The van der Waals surface area contributed by atoms with E-state index in [0.29, 0.717) is 31.4 Å². The molecule has 2 aromatic rings. The molecule has 0 unspecified atom stereocenters. The summed E-state index contributed by atoms with van der Waals surface area (Å²) in [5.74, 6) is 1.12. The van der Waals surface area contributed by atoms with E-state index in [1.165, 1.54) is 0 Å². The smallest absolute Gasteiger partial charge is 0.244 e. The van der Waals surface area contributed by atoms with Crippen molar-refractivity contribution in [2.24, 2.45) is 0 Å². The van der Waals surface area contributed by atoms with Crippen LogP contribution in [0.3, 0.4) is 0 Å². The fourth-order valence-corrected chi connectivity index (χ4v) is 3.09. The Labute approximate surface area is 147 Å². The molecule has 0 aliphatic carbocycles. The molecule has 134 valence electrons. The first kappa shape index (κ1) is 17.6. The summed E-state index contributed by atoms with van der Waals surface area (Å²) in [5.41, 5.74) is 1.09. The van der Waals surface area contributed by atoms with Gasteiger partial charge in [0.15, 0.2) is 5.82 Å². The van der Waals surface area contributed by atoms with Crippen molar-refractivity contribution < 1.29 is 14.1 Å². The molecule has 1 aliphatic heterocycles. The second kappa shape index (κ2) is 8.73. The van der Waals surface area contributed by atoms with Gasteiger partial charge in [0.05, 0.1) is 12.6 Å². The van der Waals surface area contributed by atoms with E-state index < -0.39 is 0 Å². The van der Waals surface area contributed by atoms with Gasteiger partial charge in [0.2, 0.25) is 11.8 Å².